The molecule has 7 nitrogen and oxygen atoms in total. The third-order valence-electron chi connectivity index (χ3n) is 4.88. The number of amides is 2. The lowest BCUT2D eigenvalue weighted by atomic mass is 10.1. The number of rotatable bonds is 8. The topological polar surface area (TPSA) is 96.1 Å². The molecule has 2 heterocycles. The highest BCUT2D eigenvalue weighted by Crippen LogP contribution is 2.29. The molecular weight excluding hydrogens is 424 g/mol. The molecule has 2 aromatic heterocycles. The van der Waals surface area contributed by atoms with Crippen LogP contribution < -0.4 is 15.4 Å². The molecule has 2 aromatic carbocycles. The zero-order chi connectivity index (χ0) is 22.3. The van der Waals surface area contributed by atoms with Crippen LogP contribution in [0.5, 0.6) is 5.75 Å². The number of aromatic nitrogens is 2. The van der Waals surface area contributed by atoms with Crippen molar-refractivity contribution in [2.45, 2.75) is 12.5 Å². The molecule has 0 fully saturated rings. The number of hydrogen-bond donors (Lipinski definition) is 3. The fraction of sp³-hybridized carbons (Fsp3) is 0.125. The maximum Gasteiger partial charge on any atom is 0.262 e. The highest BCUT2D eigenvalue weighted by molar-refractivity contribution is 7.12. The van der Waals surface area contributed by atoms with Crippen LogP contribution >= 0.6 is 11.3 Å². The quantitative estimate of drug-likeness (QED) is 0.379. The molecule has 1 unspecified atom stereocenters. The average molecular weight is 447 g/mol. The number of ether oxygens (including phenoxy) is 1. The molecule has 32 heavy (non-hydrogen) atoms. The summed E-state index contributed by atoms with van der Waals surface area (Å²) >= 11 is 1.33. The van der Waals surface area contributed by atoms with Crippen LogP contribution in [0, 0.1) is 0 Å². The minimum Gasteiger partial charge on any atom is -0.496 e. The standard InChI is InChI=1S/C24H22N4O3S/c1-31-20-11-6-5-10-17(20)18-15-22(28-27-18)26-23(29)19(14-16-8-3-2-4-9-16)25-24(30)21-12-7-13-32-21/h2-13,15,19H,14H2,1H3,(H,25,30)(H2,26,27,28,29). The number of methoxy groups -OCH3 is 1. The van der Waals surface area contributed by atoms with Gasteiger partial charge in [-0.1, -0.05) is 48.5 Å². The van der Waals surface area contributed by atoms with Crippen molar-refractivity contribution in [1.29, 1.82) is 0 Å². The van der Waals surface area contributed by atoms with E-state index in [0.717, 1.165) is 11.1 Å². The van der Waals surface area contributed by atoms with Crippen LogP contribution in [0.15, 0.2) is 78.2 Å². The van der Waals surface area contributed by atoms with Gasteiger partial charge in [0.1, 0.15) is 11.8 Å². The number of aromatic amines is 1. The summed E-state index contributed by atoms with van der Waals surface area (Å²) in [6.07, 6.45) is 0.355. The van der Waals surface area contributed by atoms with Crippen LogP contribution in [0.4, 0.5) is 5.82 Å². The second kappa shape index (κ2) is 9.93. The number of anilines is 1. The first kappa shape index (κ1) is 21.3. The van der Waals surface area contributed by atoms with E-state index < -0.39 is 6.04 Å². The van der Waals surface area contributed by atoms with Crippen molar-refractivity contribution in [3.05, 3.63) is 88.6 Å². The Morgan fingerprint density at radius 1 is 1.06 bits per heavy atom. The first-order valence-electron chi connectivity index (χ1n) is 10.0. The van der Waals surface area contributed by atoms with Gasteiger partial charge in [0, 0.05) is 18.1 Å². The van der Waals surface area contributed by atoms with Crippen LogP contribution in [-0.4, -0.2) is 35.2 Å². The summed E-state index contributed by atoms with van der Waals surface area (Å²) in [6.45, 7) is 0. The Balaban J connectivity index is 1.52. The normalized spacial score (nSPS) is 11.5. The SMILES string of the molecule is COc1ccccc1-c1cc(NC(=O)C(Cc2ccccc2)NC(=O)c2cccs2)n[nH]1. The lowest BCUT2D eigenvalue weighted by Crippen LogP contribution is -2.45. The number of para-hydroxylation sites is 1. The molecule has 0 saturated carbocycles. The highest BCUT2D eigenvalue weighted by atomic mass is 32.1. The fourth-order valence-electron chi connectivity index (χ4n) is 3.30. The van der Waals surface area contributed by atoms with Crippen LogP contribution in [0.2, 0.25) is 0 Å². The predicted octanol–water partition coefficient (Wildman–Crippen LogP) is 4.13. The van der Waals surface area contributed by atoms with Crippen molar-refractivity contribution >= 4 is 29.0 Å². The highest BCUT2D eigenvalue weighted by Gasteiger charge is 2.23. The Labute approximate surface area is 189 Å². The summed E-state index contributed by atoms with van der Waals surface area (Å²) in [5.41, 5.74) is 2.48. The molecular formula is C24H22N4O3S. The van der Waals surface area contributed by atoms with Crippen molar-refractivity contribution in [2.75, 3.05) is 12.4 Å². The van der Waals surface area contributed by atoms with E-state index in [1.807, 2.05) is 60.0 Å². The first-order valence-corrected chi connectivity index (χ1v) is 10.9. The zero-order valence-corrected chi connectivity index (χ0v) is 18.2. The molecule has 0 radical (unpaired) electrons. The van der Waals surface area contributed by atoms with Crippen LogP contribution in [-0.2, 0) is 11.2 Å². The zero-order valence-electron chi connectivity index (χ0n) is 17.4. The van der Waals surface area contributed by atoms with E-state index in [0.29, 0.717) is 28.6 Å². The maximum absolute atomic E-state index is 13.1. The van der Waals surface area contributed by atoms with Gasteiger partial charge in [-0.15, -0.1) is 11.3 Å². The monoisotopic (exact) mass is 446 g/mol. The molecule has 0 aliphatic carbocycles. The summed E-state index contributed by atoms with van der Waals surface area (Å²) in [4.78, 5) is 26.2. The van der Waals surface area contributed by atoms with Gasteiger partial charge in [-0.25, -0.2) is 0 Å². The molecule has 0 aliphatic rings. The lowest BCUT2D eigenvalue weighted by Gasteiger charge is -2.17. The Bertz CT molecular complexity index is 1190. The summed E-state index contributed by atoms with van der Waals surface area (Å²) < 4.78 is 5.39. The van der Waals surface area contributed by atoms with Gasteiger partial charge in [-0.2, -0.15) is 5.10 Å². The largest absolute Gasteiger partial charge is 0.496 e. The second-order valence-electron chi connectivity index (χ2n) is 7.05. The van der Waals surface area contributed by atoms with Gasteiger partial charge in [-0.05, 0) is 29.1 Å². The van der Waals surface area contributed by atoms with Crippen LogP contribution in [0.3, 0.4) is 0 Å². The Hall–Kier alpha value is -3.91. The summed E-state index contributed by atoms with van der Waals surface area (Å²) in [6, 6.07) is 21.6. The second-order valence-corrected chi connectivity index (χ2v) is 8.00. The van der Waals surface area contributed by atoms with Gasteiger partial charge < -0.3 is 15.4 Å². The van der Waals surface area contributed by atoms with Gasteiger partial charge in [0.15, 0.2) is 5.82 Å². The Morgan fingerprint density at radius 3 is 2.59 bits per heavy atom. The van der Waals surface area contributed by atoms with Gasteiger partial charge >= 0.3 is 0 Å². The third-order valence-corrected chi connectivity index (χ3v) is 5.74. The smallest absolute Gasteiger partial charge is 0.262 e. The van der Waals surface area contributed by atoms with Gasteiger partial charge in [0.2, 0.25) is 5.91 Å². The first-order chi connectivity index (χ1) is 15.6. The van der Waals surface area contributed by atoms with E-state index in [2.05, 4.69) is 20.8 Å². The Kier molecular flexibility index (Phi) is 6.62. The predicted molar refractivity (Wildman–Crippen MR) is 125 cm³/mol. The lowest BCUT2D eigenvalue weighted by molar-refractivity contribution is -0.118. The van der Waals surface area contributed by atoms with Crippen LogP contribution in [0.1, 0.15) is 15.2 Å². The van der Waals surface area contributed by atoms with E-state index >= 15 is 0 Å². The van der Waals surface area contributed by atoms with E-state index in [1.165, 1.54) is 11.3 Å². The molecule has 0 bridgehead atoms. The van der Waals surface area contributed by atoms with Gasteiger partial charge in [-0.3, -0.25) is 14.7 Å². The average Bonchev–Trinajstić information content (AvgIpc) is 3.52. The molecule has 0 aliphatic heterocycles. The summed E-state index contributed by atoms with van der Waals surface area (Å²) in [7, 11) is 1.60. The number of hydrogen-bond acceptors (Lipinski definition) is 5. The van der Waals surface area contributed by atoms with Crippen LogP contribution in [0.25, 0.3) is 11.3 Å². The number of benzene rings is 2. The molecule has 4 rings (SSSR count). The molecule has 3 N–H and O–H groups in total. The number of nitrogens with zero attached hydrogens (tertiary/aromatic N) is 1. The van der Waals surface area contributed by atoms with Gasteiger partial charge in [0.25, 0.3) is 5.91 Å². The molecule has 0 spiro atoms. The minimum atomic E-state index is -0.765. The van der Waals surface area contributed by atoms with Crippen molar-refractivity contribution in [1.82, 2.24) is 15.5 Å². The number of thiophene rings is 1. The van der Waals surface area contributed by atoms with Crippen molar-refractivity contribution in [3.63, 3.8) is 0 Å². The summed E-state index contributed by atoms with van der Waals surface area (Å²) in [5.74, 6) is 0.420. The number of carbonyl (C=O) groups excluding carboxylic acids is 2. The molecule has 2 amide bonds. The fourth-order valence-corrected chi connectivity index (χ4v) is 3.93. The number of H-pyrrole nitrogens is 1. The maximum atomic E-state index is 13.1. The minimum absolute atomic E-state index is 0.284. The van der Waals surface area contributed by atoms with Crippen molar-refractivity contribution < 1.29 is 14.3 Å². The number of nitrogens with one attached hydrogen (secondary N) is 3. The van der Waals surface area contributed by atoms with E-state index in [-0.39, 0.29) is 11.8 Å². The van der Waals surface area contributed by atoms with E-state index in [4.69, 9.17) is 4.74 Å². The van der Waals surface area contributed by atoms with Crippen molar-refractivity contribution in [2.24, 2.45) is 0 Å². The van der Waals surface area contributed by atoms with E-state index in [1.54, 1.807) is 25.3 Å². The number of carbonyl (C=O) groups is 2. The molecule has 1 atom stereocenters. The van der Waals surface area contributed by atoms with E-state index in [9.17, 15) is 9.59 Å². The molecule has 8 heteroatoms. The molecule has 0 saturated heterocycles. The summed E-state index contributed by atoms with van der Waals surface area (Å²) in [5, 5.41) is 14.6. The van der Waals surface area contributed by atoms with Gasteiger partial charge in [0.05, 0.1) is 17.7 Å². The molecule has 162 valence electrons. The molecule has 4 aromatic rings. The third kappa shape index (κ3) is 5.04. The van der Waals surface area contributed by atoms with Crippen molar-refractivity contribution in [3.8, 4) is 17.0 Å². The Morgan fingerprint density at radius 2 is 1.84 bits per heavy atom.